The van der Waals surface area contributed by atoms with Gasteiger partial charge in [0, 0.05) is 51.2 Å². The van der Waals surface area contributed by atoms with Crippen LogP contribution in [0.15, 0.2) is 47.6 Å². The van der Waals surface area contributed by atoms with Gasteiger partial charge in [0.2, 0.25) is 0 Å². The molecule has 1 aromatic heterocycles. The van der Waals surface area contributed by atoms with Crippen molar-refractivity contribution < 1.29 is 4.39 Å². The molecule has 1 aliphatic rings. The Bertz CT molecular complexity index is 750. The van der Waals surface area contributed by atoms with Gasteiger partial charge < -0.3 is 10.6 Å². The monoisotopic (exact) mass is 383 g/mol. The standard InChI is InChI=1S/C22H30FN5/c1-17-3-4-18(15-26-17)9-12-25-22(24-2)27-21-10-13-28(14-11-21)16-19-5-7-20(23)8-6-19/h3-8,15,21H,9-14,16H2,1-2H3,(H2,24,25,27). The van der Waals surface area contributed by atoms with Gasteiger partial charge in [0.05, 0.1) is 0 Å². The van der Waals surface area contributed by atoms with Gasteiger partial charge in [0.1, 0.15) is 5.82 Å². The Kier molecular flexibility index (Phi) is 7.37. The van der Waals surface area contributed by atoms with E-state index in [0.717, 1.165) is 62.7 Å². The highest BCUT2D eigenvalue weighted by molar-refractivity contribution is 5.79. The number of hydrogen-bond donors (Lipinski definition) is 2. The van der Waals surface area contributed by atoms with Gasteiger partial charge >= 0.3 is 0 Å². The van der Waals surface area contributed by atoms with Gasteiger partial charge in [0.15, 0.2) is 5.96 Å². The largest absolute Gasteiger partial charge is 0.356 e. The number of aliphatic imine (C=N–C) groups is 1. The molecule has 1 saturated heterocycles. The highest BCUT2D eigenvalue weighted by Crippen LogP contribution is 2.14. The topological polar surface area (TPSA) is 52.6 Å². The molecule has 1 aliphatic heterocycles. The van der Waals surface area contributed by atoms with Crippen molar-refractivity contribution in [1.82, 2.24) is 20.5 Å². The Hall–Kier alpha value is -2.47. The number of nitrogens with one attached hydrogen (secondary N) is 2. The van der Waals surface area contributed by atoms with Gasteiger partial charge in [-0.15, -0.1) is 0 Å². The lowest BCUT2D eigenvalue weighted by atomic mass is 10.0. The number of aryl methyl sites for hydroxylation is 1. The van der Waals surface area contributed by atoms with Crippen LogP contribution in [0.5, 0.6) is 0 Å². The van der Waals surface area contributed by atoms with Crippen LogP contribution in [0.4, 0.5) is 4.39 Å². The van der Waals surface area contributed by atoms with Crippen molar-refractivity contribution in [2.24, 2.45) is 4.99 Å². The number of halogens is 1. The van der Waals surface area contributed by atoms with Crippen molar-refractivity contribution in [2.45, 2.75) is 38.8 Å². The van der Waals surface area contributed by atoms with Crippen molar-refractivity contribution in [3.05, 3.63) is 65.2 Å². The van der Waals surface area contributed by atoms with Crippen LogP contribution < -0.4 is 10.6 Å². The van der Waals surface area contributed by atoms with E-state index in [2.05, 4.69) is 31.6 Å². The highest BCUT2D eigenvalue weighted by Gasteiger charge is 2.20. The third kappa shape index (κ3) is 6.30. The molecule has 150 valence electrons. The van der Waals surface area contributed by atoms with Gasteiger partial charge in [-0.2, -0.15) is 0 Å². The summed E-state index contributed by atoms with van der Waals surface area (Å²) in [4.78, 5) is 11.1. The number of aromatic nitrogens is 1. The zero-order valence-corrected chi connectivity index (χ0v) is 16.8. The summed E-state index contributed by atoms with van der Waals surface area (Å²) in [7, 11) is 1.81. The molecule has 2 heterocycles. The lowest BCUT2D eigenvalue weighted by molar-refractivity contribution is 0.198. The second-order valence-corrected chi connectivity index (χ2v) is 7.38. The molecule has 0 amide bonds. The van der Waals surface area contributed by atoms with Gasteiger partial charge in [-0.1, -0.05) is 18.2 Å². The molecule has 0 aliphatic carbocycles. The van der Waals surface area contributed by atoms with Crippen LogP contribution in [0, 0.1) is 12.7 Å². The first-order valence-electron chi connectivity index (χ1n) is 9.98. The minimum absolute atomic E-state index is 0.177. The SMILES string of the molecule is CN=C(NCCc1ccc(C)nc1)NC1CCN(Cc2ccc(F)cc2)CC1. The number of hydrogen-bond acceptors (Lipinski definition) is 3. The quantitative estimate of drug-likeness (QED) is 0.595. The molecular weight excluding hydrogens is 353 g/mol. The Morgan fingerprint density at radius 3 is 2.50 bits per heavy atom. The Balaban J connectivity index is 1.37. The molecule has 0 radical (unpaired) electrons. The average molecular weight is 384 g/mol. The van der Waals surface area contributed by atoms with Crippen LogP contribution in [-0.2, 0) is 13.0 Å². The molecule has 5 nitrogen and oxygen atoms in total. The predicted molar refractivity (Wildman–Crippen MR) is 112 cm³/mol. The lowest BCUT2D eigenvalue weighted by Crippen LogP contribution is -2.48. The molecule has 2 N–H and O–H groups in total. The zero-order chi connectivity index (χ0) is 19.8. The number of piperidine rings is 1. The third-order valence-electron chi connectivity index (χ3n) is 5.15. The summed E-state index contributed by atoms with van der Waals surface area (Å²) in [6, 6.07) is 11.4. The molecule has 0 spiro atoms. The third-order valence-corrected chi connectivity index (χ3v) is 5.15. The first-order chi connectivity index (χ1) is 13.6. The number of nitrogens with zero attached hydrogens (tertiary/aromatic N) is 3. The van der Waals surface area contributed by atoms with Crippen LogP contribution in [0.2, 0.25) is 0 Å². The molecule has 0 unspecified atom stereocenters. The first-order valence-corrected chi connectivity index (χ1v) is 9.98. The van der Waals surface area contributed by atoms with E-state index in [1.165, 1.54) is 17.7 Å². The summed E-state index contributed by atoms with van der Waals surface area (Å²) in [6.45, 7) is 5.76. The molecule has 0 atom stereocenters. The van der Waals surface area contributed by atoms with Crippen LogP contribution >= 0.6 is 0 Å². The van der Waals surface area contributed by atoms with Crippen LogP contribution in [0.3, 0.4) is 0 Å². The number of rotatable bonds is 6. The Morgan fingerprint density at radius 2 is 1.86 bits per heavy atom. The van der Waals surface area contributed by atoms with E-state index in [0.29, 0.717) is 6.04 Å². The fourth-order valence-corrected chi connectivity index (χ4v) is 3.44. The van der Waals surface area contributed by atoms with Crippen molar-refractivity contribution in [3.8, 4) is 0 Å². The molecule has 0 saturated carbocycles. The molecule has 3 rings (SSSR count). The predicted octanol–water partition coefficient (Wildman–Crippen LogP) is 2.90. The second kappa shape index (κ2) is 10.2. The van der Waals surface area contributed by atoms with Gasteiger partial charge in [0.25, 0.3) is 0 Å². The maximum Gasteiger partial charge on any atom is 0.191 e. The maximum absolute atomic E-state index is 13.0. The molecular formula is C22H30FN5. The summed E-state index contributed by atoms with van der Waals surface area (Å²) < 4.78 is 13.0. The van der Waals surface area contributed by atoms with Crippen molar-refractivity contribution in [2.75, 3.05) is 26.7 Å². The van der Waals surface area contributed by atoms with Crippen molar-refractivity contribution in [1.29, 1.82) is 0 Å². The summed E-state index contributed by atoms with van der Waals surface area (Å²) in [5.41, 5.74) is 3.43. The summed E-state index contributed by atoms with van der Waals surface area (Å²) in [6.07, 6.45) is 5.00. The fourth-order valence-electron chi connectivity index (χ4n) is 3.44. The first kappa shape index (κ1) is 20.3. The molecule has 0 bridgehead atoms. The molecule has 2 aromatic rings. The zero-order valence-electron chi connectivity index (χ0n) is 16.8. The van der Waals surface area contributed by atoms with Crippen molar-refractivity contribution in [3.63, 3.8) is 0 Å². The maximum atomic E-state index is 13.0. The molecule has 1 aromatic carbocycles. The number of likely N-dealkylation sites (tertiary alicyclic amines) is 1. The average Bonchev–Trinajstić information content (AvgIpc) is 2.72. The number of benzene rings is 1. The van der Waals surface area contributed by atoms with E-state index in [1.807, 2.05) is 38.4 Å². The Morgan fingerprint density at radius 1 is 1.14 bits per heavy atom. The normalized spacial score (nSPS) is 16.2. The summed E-state index contributed by atoms with van der Waals surface area (Å²) in [5.74, 6) is 0.682. The number of pyridine rings is 1. The van der Waals surface area contributed by atoms with Gasteiger partial charge in [-0.25, -0.2) is 4.39 Å². The molecule has 1 fully saturated rings. The van der Waals surface area contributed by atoms with Gasteiger partial charge in [-0.05, 0) is 55.5 Å². The van der Waals surface area contributed by atoms with Gasteiger partial charge in [-0.3, -0.25) is 14.9 Å². The lowest BCUT2D eigenvalue weighted by Gasteiger charge is -2.33. The van der Waals surface area contributed by atoms with E-state index < -0.39 is 0 Å². The molecule has 28 heavy (non-hydrogen) atoms. The van der Waals surface area contributed by atoms with Crippen molar-refractivity contribution >= 4 is 5.96 Å². The fraction of sp³-hybridized carbons (Fsp3) is 0.455. The minimum Gasteiger partial charge on any atom is -0.356 e. The van der Waals surface area contributed by atoms with E-state index >= 15 is 0 Å². The summed E-state index contributed by atoms with van der Waals surface area (Å²) in [5, 5.41) is 6.94. The second-order valence-electron chi connectivity index (χ2n) is 7.38. The smallest absolute Gasteiger partial charge is 0.191 e. The van der Waals surface area contributed by atoms with E-state index in [-0.39, 0.29) is 5.82 Å². The molecule has 6 heteroatoms. The Labute approximate surface area is 167 Å². The van der Waals surface area contributed by atoms with E-state index in [4.69, 9.17) is 0 Å². The van der Waals surface area contributed by atoms with E-state index in [9.17, 15) is 4.39 Å². The highest BCUT2D eigenvalue weighted by atomic mass is 19.1. The number of guanidine groups is 1. The van der Waals surface area contributed by atoms with Crippen LogP contribution in [0.25, 0.3) is 0 Å². The van der Waals surface area contributed by atoms with Crippen LogP contribution in [-0.4, -0.2) is 48.6 Å². The van der Waals surface area contributed by atoms with Crippen LogP contribution in [0.1, 0.15) is 29.7 Å². The van der Waals surface area contributed by atoms with E-state index in [1.54, 1.807) is 0 Å². The summed E-state index contributed by atoms with van der Waals surface area (Å²) >= 11 is 0. The minimum atomic E-state index is -0.177.